The van der Waals surface area contributed by atoms with Crippen molar-refractivity contribution in [1.29, 1.82) is 0 Å². The number of amides is 1. The lowest BCUT2D eigenvalue weighted by molar-refractivity contribution is -0.132. The number of hydrogen-bond acceptors (Lipinski definition) is 4. The number of aliphatic hydroxyl groups excluding tert-OH is 1. The van der Waals surface area contributed by atoms with Crippen LogP contribution in [-0.2, 0) is 11.3 Å². The first-order valence-corrected chi connectivity index (χ1v) is 8.06. The second-order valence-corrected chi connectivity index (χ2v) is 6.94. The van der Waals surface area contributed by atoms with Gasteiger partial charge in [0.1, 0.15) is 0 Å². The van der Waals surface area contributed by atoms with Crippen LogP contribution in [0.3, 0.4) is 0 Å². The molecule has 0 aliphatic carbocycles. The lowest BCUT2D eigenvalue weighted by Gasteiger charge is -2.23. The zero-order chi connectivity index (χ0) is 16.3. The van der Waals surface area contributed by atoms with Crippen LogP contribution in [0.1, 0.15) is 39.3 Å². The smallest absolute Gasteiger partial charge is 0.236 e. The summed E-state index contributed by atoms with van der Waals surface area (Å²) in [5, 5.41) is 14.5. The molecule has 1 unspecified atom stereocenters. The molecule has 22 heavy (non-hydrogen) atoms. The molecule has 6 heteroatoms. The third kappa shape index (κ3) is 4.55. The normalized spacial score (nSPS) is 21.0. The van der Waals surface area contributed by atoms with Gasteiger partial charge in [0.15, 0.2) is 0 Å². The predicted octanol–water partition coefficient (Wildman–Crippen LogP) is 1.13. The number of hydrogen-bond donors (Lipinski definition) is 1. The van der Waals surface area contributed by atoms with Crippen molar-refractivity contribution < 1.29 is 9.90 Å². The first kappa shape index (κ1) is 17.0. The summed E-state index contributed by atoms with van der Waals surface area (Å²) >= 11 is 0. The van der Waals surface area contributed by atoms with Gasteiger partial charge in [-0.2, -0.15) is 5.10 Å². The van der Waals surface area contributed by atoms with Crippen LogP contribution in [-0.4, -0.2) is 62.9 Å². The highest BCUT2D eigenvalue weighted by molar-refractivity contribution is 5.78. The Labute approximate surface area is 132 Å². The Morgan fingerprint density at radius 3 is 2.64 bits per heavy atom. The van der Waals surface area contributed by atoms with Gasteiger partial charge in [0.2, 0.25) is 5.91 Å². The van der Waals surface area contributed by atoms with E-state index in [1.807, 2.05) is 22.0 Å². The fourth-order valence-electron chi connectivity index (χ4n) is 2.81. The van der Waals surface area contributed by atoms with E-state index in [1.54, 1.807) is 4.90 Å². The van der Waals surface area contributed by atoms with E-state index < -0.39 is 6.10 Å². The first-order chi connectivity index (χ1) is 10.3. The molecule has 1 aromatic rings. The van der Waals surface area contributed by atoms with Crippen LogP contribution < -0.4 is 0 Å². The minimum absolute atomic E-state index is 0.0986. The molecule has 2 rings (SSSR count). The Balaban J connectivity index is 2.00. The summed E-state index contributed by atoms with van der Waals surface area (Å²) in [6.07, 6.45) is 3.36. The molecular formula is C16H28N4O2. The molecule has 0 radical (unpaired) electrons. The summed E-state index contributed by atoms with van der Waals surface area (Å²) < 4.78 is 1.91. The van der Waals surface area contributed by atoms with E-state index in [0.717, 1.165) is 5.56 Å². The van der Waals surface area contributed by atoms with Crippen molar-refractivity contribution in [3.63, 3.8) is 0 Å². The van der Waals surface area contributed by atoms with Gasteiger partial charge in [-0.3, -0.25) is 14.4 Å². The van der Waals surface area contributed by atoms with E-state index in [1.165, 1.54) is 0 Å². The lowest BCUT2D eigenvalue weighted by Crippen LogP contribution is -2.39. The fraction of sp³-hybridized carbons (Fsp3) is 0.750. The minimum Gasteiger partial charge on any atom is -0.390 e. The van der Waals surface area contributed by atoms with Gasteiger partial charge in [-0.05, 0) is 19.8 Å². The minimum atomic E-state index is -0.495. The Morgan fingerprint density at radius 1 is 1.32 bits per heavy atom. The van der Waals surface area contributed by atoms with Crippen molar-refractivity contribution >= 4 is 5.91 Å². The topological polar surface area (TPSA) is 61.6 Å². The summed E-state index contributed by atoms with van der Waals surface area (Å²) in [4.78, 5) is 16.2. The van der Waals surface area contributed by atoms with E-state index >= 15 is 0 Å². The van der Waals surface area contributed by atoms with E-state index in [-0.39, 0.29) is 5.91 Å². The third-order valence-electron chi connectivity index (χ3n) is 3.79. The van der Waals surface area contributed by atoms with Gasteiger partial charge in [0.25, 0.3) is 0 Å². The molecule has 0 aromatic carbocycles. The molecule has 1 N–H and O–H groups in total. The molecule has 0 spiro atoms. The van der Waals surface area contributed by atoms with Gasteiger partial charge in [-0.1, -0.05) is 13.8 Å². The highest BCUT2D eigenvalue weighted by atomic mass is 16.3. The van der Waals surface area contributed by atoms with Gasteiger partial charge < -0.3 is 10.0 Å². The number of β-amino-alcohol motifs (C(OH)–C–C–N with tert-alkyl or cyclic N) is 1. The van der Waals surface area contributed by atoms with Crippen molar-refractivity contribution in [1.82, 2.24) is 19.6 Å². The maximum atomic E-state index is 12.4. The van der Waals surface area contributed by atoms with Crippen LogP contribution in [0.2, 0.25) is 0 Å². The van der Waals surface area contributed by atoms with Crippen LogP contribution in [0.4, 0.5) is 0 Å². The third-order valence-corrected chi connectivity index (χ3v) is 3.79. The molecule has 6 nitrogen and oxygen atoms in total. The quantitative estimate of drug-likeness (QED) is 0.885. The molecule has 0 bridgehead atoms. The van der Waals surface area contributed by atoms with Crippen molar-refractivity contribution in [3.8, 4) is 0 Å². The molecule has 0 saturated carbocycles. The molecule has 1 amide bonds. The van der Waals surface area contributed by atoms with E-state index in [9.17, 15) is 9.90 Å². The highest BCUT2D eigenvalue weighted by Gasteiger charge is 2.27. The van der Waals surface area contributed by atoms with Crippen LogP contribution in [0.5, 0.6) is 0 Å². The molecular weight excluding hydrogens is 280 g/mol. The van der Waals surface area contributed by atoms with Gasteiger partial charge in [-0.15, -0.1) is 0 Å². The van der Waals surface area contributed by atoms with Crippen LogP contribution >= 0.6 is 0 Å². The average Bonchev–Trinajstić information content (AvgIpc) is 2.80. The Hall–Kier alpha value is -1.40. The van der Waals surface area contributed by atoms with Gasteiger partial charge in [0, 0.05) is 44.0 Å². The molecule has 1 aromatic heterocycles. The SMILES string of the molecule is CC(C)CN1CC(O)CN(Cc2cnn(C(C)C)c2)CC1=O. The molecule has 1 saturated heterocycles. The number of carbonyl (C=O) groups excluding carboxylic acids is 1. The molecule has 124 valence electrons. The lowest BCUT2D eigenvalue weighted by atomic mass is 10.2. The number of carbonyl (C=O) groups is 1. The summed E-state index contributed by atoms with van der Waals surface area (Å²) in [5.74, 6) is 0.508. The average molecular weight is 308 g/mol. The maximum Gasteiger partial charge on any atom is 0.236 e. The van der Waals surface area contributed by atoms with Crippen molar-refractivity contribution in [2.75, 3.05) is 26.2 Å². The van der Waals surface area contributed by atoms with Crippen molar-refractivity contribution in [2.24, 2.45) is 5.92 Å². The summed E-state index contributed by atoms with van der Waals surface area (Å²) in [7, 11) is 0. The summed E-state index contributed by atoms with van der Waals surface area (Å²) in [6, 6.07) is 0.326. The van der Waals surface area contributed by atoms with Gasteiger partial charge in [0.05, 0.1) is 18.8 Å². The Morgan fingerprint density at radius 2 is 2.05 bits per heavy atom. The van der Waals surface area contributed by atoms with Crippen LogP contribution in [0, 0.1) is 5.92 Å². The van der Waals surface area contributed by atoms with Crippen LogP contribution in [0.25, 0.3) is 0 Å². The zero-order valence-corrected chi connectivity index (χ0v) is 14.1. The van der Waals surface area contributed by atoms with Gasteiger partial charge >= 0.3 is 0 Å². The number of nitrogens with zero attached hydrogens (tertiary/aromatic N) is 4. The summed E-state index contributed by atoms with van der Waals surface area (Å²) in [5.41, 5.74) is 1.08. The fourth-order valence-corrected chi connectivity index (χ4v) is 2.81. The molecule has 1 aliphatic rings. The predicted molar refractivity (Wildman–Crippen MR) is 85.3 cm³/mol. The molecule has 1 aliphatic heterocycles. The maximum absolute atomic E-state index is 12.4. The standard InChI is InChI=1S/C16H28N4O2/c1-12(2)6-19-10-15(21)9-18(11-16(19)22)7-14-5-17-20(8-14)13(3)4/h5,8,12-13,15,21H,6-7,9-11H2,1-4H3. The van der Waals surface area contributed by atoms with E-state index in [4.69, 9.17) is 0 Å². The van der Waals surface area contributed by atoms with Crippen molar-refractivity contribution in [3.05, 3.63) is 18.0 Å². The number of aromatic nitrogens is 2. The zero-order valence-electron chi connectivity index (χ0n) is 14.1. The Bertz CT molecular complexity index is 498. The Kier molecular flexibility index (Phi) is 5.58. The number of aliphatic hydroxyl groups is 1. The van der Waals surface area contributed by atoms with E-state index in [2.05, 4.69) is 32.8 Å². The molecule has 2 heterocycles. The van der Waals surface area contributed by atoms with Gasteiger partial charge in [-0.25, -0.2) is 0 Å². The highest BCUT2D eigenvalue weighted by Crippen LogP contribution is 2.13. The monoisotopic (exact) mass is 308 g/mol. The second-order valence-electron chi connectivity index (χ2n) is 6.94. The largest absolute Gasteiger partial charge is 0.390 e. The second kappa shape index (κ2) is 7.24. The molecule has 1 atom stereocenters. The summed E-state index contributed by atoms with van der Waals surface area (Å²) in [6.45, 7) is 11.0. The first-order valence-electron chi connectivity index (χ1n) is 8.06. The van der Waals surface area contributed by atoms with E-state index in [0.29, 0.717) is 44.7 Å². The number of rotatable bonds is 5. The molecule has 1 fully saturated rings. The van der Waals surface area contributed by atoms with Crippen LogP contribution in [0.15, 0.2) is 12.4 Å². The van der Waals surface area contributed by atoms with Crippen molar-refractivity contribution in [2.45, 2.75) is 46.4 Å².